The number of pyridine rings is 1. The molecule has 0 saturated heterocycles. The van der Waals surface area contributed by atoms with E-state index in [0.717, 1.165) is 0 Å². The van der Waals surface area contributed by atoms with Crippen molar-refractivity contribution in [3.05, 3.63) is 66.2 Å². The minimum Gasteiger partial charge on any atom is -0.504 e. The zero-order valence-electron chi connectivity index (χ0n) is 16.2. The summed E-state index contributed by atoms with van der Waals surface area (Å²) in [4.78, 5) is 24.3. The van der Waals surface area contributed by atoms with E-state index in [1.165, 1.54) is 19.5 Å². The van der Waals surface area contributed by atoms with Gasteiger partial charge in [-0.05, 0) is 30.3 Å². The van der Waals surface area contributed by atoms with Crippen molar-refractivity contribution < 1.29 is 19.4 Å². The molecule has 2 heterocycles. The maximum atomic E-state index is 12.2. The van der Waals surface area contributed by atoms with Gasteiger partial charge in [0, 0.05) is 30.2 Å². The van der Waals surface area contributed by atoms with Crippen molar-refractivity contribution in [1.29, 1.82) is 0 Å². The third-order valence-electron chi connectivity index (χ3n) is 4.24. The molecule has 0 bridgehead atoms. The van der Waals surface area contributed by atoms with Gasteiger partial charge in [0.15, 0.2) is 11.5 Å². The third kappa shape index (κ3) is 4.57. The predicted octanol–water partition coefficient (Wildman–Crippen LogP) is 4.83. The van der Waals surface area contributed by atoms with E-state index in [0.29, 0.717) is 28.0 Å². The molecule has 2 aromatic carbocycles. The van der Waals surface area contributed by atoms with Gasteiger partial charge in [-0.2, -0.15) is 0 Å². The lowest BCUT2D eigenvalue weighted by Crippen LogP contribution is -2.19. The number of phenolic OH excluding ortho intramolecular Hbond substituents is 1. The number of halogens is 1. The number of aromatic nitrogens is 3. The van der Waals surface area contributed by atoms with Crippen molar-refractivity contribution in [3.63, 3.8) is 0 Å². The Balaban J connectivity index is 1.53. The number of urea groups is 1. The third-order valence-corrected chi connectivity index (χ3v) is 4.55. The van der Waals surface area contributed by atoms with Gasteiger partial charge in [0.25, 0.3) is 0 Å². The molecule has 156 valence electrons. The summed E-state index contributed by atoms with van der Waals surface area (Å²) in [6, 6.07) is 10.7. The number of phenols is 1. The average Bonchev–Trinajstić information content (AvgIpc) is 2.76. The van der Waals surface area contributed by atoms with E-state index >= 15 is 0 Å². The average molecular weight is 438 g/mol. The molecule has 2 aromatic heterocycles. The van der Waals surface area contributed by atoms with Crippen molar-refractivity contribution >= 4 is 39.9 Å². The van der Waals surface area contributed by atoms with Gasteiger partial charge in [0.2, 0.25) is 5.88 Å². The van der Waals surface area contributed by atoms with E-state index in [4.69, 9.17) is 21.1 Å². The monoisotopic (exact) mass is 437 g/mol. The molecule has 3 N–H and O–H groups in total. The number of rotatable bonds is 5. The van der Waals surface area contributed by atoms with Crippen molar-refractivity contribution in [1.82, 2.24) is 15.0 Å². The number of methoxy groups -OCH3 is 1. The number of ether oxygens (including phenoxy) is 2. The highest BCUT2D eigenvalue weighted by Crippen LogP contribution is 2.36. The smallest absolute Gasteiger partial charge is 0.323 e. The van der Waals surface area contributed by atoms with Crippen molar-refractivity contribution in [2.24, 2.45) is 0 Å². The Labute approximate surface area is 181 Å². The predicted molar refractivity (Wildman–Crippen MR) is 116 cm³/mol. The summed E-state index contributed by atoms with van der Waals surface area (Å²) in [5.41, 5.74) is 1.49. The summed E-state index contributed by atoms with van der Waals surface area (Å²) in [5, 5.41) is 16.1. The first kappa shape index (κ1) is 20.2. The van der Waals surface area contributed by atoms with Gasteiger partial charge in [-0.1, -0.05) is 11.6 Å². The van der Waals surface area contributed by atoms with Gasteiger partial charge in [0.05, 0.1) is 28.7 Å². The largest absolute Gasteiger partial charge is 0.504 e. The molecule has 0 atom stereocenters. The van der Waals surface area contributed by atoms with Crippen LogP contribution in [-0.4, -0.2) is 33.2 Å². The fourth-order valence-electron chi connectivity index (χ4n) is 2.79. The molecule has 0 aliphatic carbocycles. The normalized spacial score (nSPS) is 10.5. The fourth-order valence-corrected chi connectivity index (χ4v) is 3.00. The molecule has 9 nitrogen and oxygen atoms in total. The van der Waals surface area contributed by atoms with E-state index in [9.17, 15) is 9.90 Å². The standard InChI is InChI=1S/C21H16ClN5O4/c1-30-19-9-14-17(10-18(19)28)24-11-25-20(14)31-13-2-3-16(15(22)8-13)27-21(29)26-12-4-6-23-7-5-12/h2-11,28H,1H3,(H2,23,26,27,29). The van der Waals surface area contributed by atoms with Crippen LogP contribution >= 0.6 is 11.6 Å². The number of nitrogens with zero attached hydrogens (tertiary/aromatic N) is 3. The SMILES string of the molecule is COc1cc2c(Oc3ccc(NC(=O)Nc4ccncc4)c(Cl)c3)ncnc2cc1O. The van der Waals surface area contributed by atoms with Crippen molar-refractivity contribution in [3.8, 4) is 23.1 Å². The first-order valence-electron chi connectivity index (χ1n) is 9.00. The summed E-state index contributed by atoms with van der Waals surface area (Å²) < 4.78 is 11.0. The zero-order valence-corrected chi connectivity index (χ0v) is 16.9. The first-order chi connectivity index (χ1) is 15.0. The topological polar surface area (TPSA) is 118 Å². The van der Waals surface area contributed by atoms with Crippen LogP contribution < -0.4 is 20.1 Å². The first-order valence-corrected chi connectivity index (χ1v) is 9.38. The van der Waals surface area contributed by atoms with Crippen LogP contribution in [0.3, 0.4) is 0 Å². The van der Waals surface area contributed by atoms with Crippen LogP contribution in [0, 0.1) is 0 Å². The van der Waals surface area contributed by atoms with Crippen LogP contribution in [0.1, 0.15) is 0 Å². The molecule has 0 radical (unpaired) electrons. The van der Waals surface area contributed by atoms with E-state index < -0.39 is 6.03 Å². The van der Waals surface area contributed by atoms with Crippen LogP contribution in [0.5, 0.6) is 23.1 Å². The Morgan fingerprint density at radius 1 is 1.06 bits per heavy atom. The molecule has 0 spiro atoms. The Morgan fingerprint density at radius 3 is 2.61 bits per heavy atom. The van der Waals surface area contributed by atoms with Crippen LogP contribution in [-0.2, 0) is 0 Å². The lowest BCUT2D eigenvalue weighted by atomic mass is 10.2. The highest BCUT2D eigenvalue weighted by Gasteiger charge is 2.13. The van der Waals surface area contributed by atoms with E-state index in [1.54, 1.807) is 48.8 Å². The summed E-state index contributed by atoms with van der Waals surface area (Å²) in [7, 11) is 1.45. The summed E-state index contributed by atoms with van der Waals surface area (Å²) in [5.74, 6) is 0.890. The number of hydrogen-bond donors (Lipinski definition) is 3. The minimum atomic E-state index is -0.449. The van der Waals surface area contributed by atoms with E-state index in [2.05, 4.69) is 25.6 Å². The molecule has 0 unspecified atom stereocenters. The number of carbonyl (C=O) groups excluding carboxylic acids is 1. The van der Waals surface area contributed by atoms with Crippen molar-refractivity contribution in [2.75, 3.05) is 17.7 Å². The Kier molecular flexibility index (Phi) is 5.67. The maximum Gasteiger partial charge on any atom is 0.323 e. The maximum absolute atomic E-state index is 12.2. The van der Waals surface area contributed by atoms with Gasteiger partial charge in [-0.25, -0.2) is 14.8 Å². The van der Waals surface area contributed by atoms with Crippen LogP contribution in [0.15, 0.2) is 61.2 Å². The van der Waals surface area contributed by atoms with E-state index in [-0.39, 0.29) is 22.4 Å². The van der Waals surface area contributed by atoms with Gasteiger partial charge in [-0.15, -0.1) is 0 Å². The van der Waals surface area contributed by atoms with Crippen LogP contribution in [0.2, 0.25) is 5.02 Å². The molecule has 0 aliphatic heterocycles. The fraction of sp³-hybridized carbons (Fsp3) is 0.0476. The summed E-state index contributed by atoms with van der Waals surface area (Å²) >= 11 is 6.31. The summed E-state index contributed by atoms with van der Waals surface area (Å²) in [6.07, 6.45) is 4.47. The molecule has 31 heavy (non-hydrogen) atoms. The number of carbonyl (C=O) groups is 1. The molecule has 0 aliphatic rings. The number of nitrogens with one attached hydrogen (secondary N) is 2. The highest BCUT2D eigenvalue weighted by molar-refractivity contribution is 6.34. The second kappa shape index (κ2) is 8.72. The van der Waals surface area contributed by atoms with Gasteiger partial charge < -0.3 is 25.2 Å². The van der Waals surface area contributed by atoms with Gasteiger partial charge in [0.1, 0.15) is 12.1 Å². The van der Waals surface area contributed by atoms with Gasteiger partial charge in [-0.3, -0.25) is 4.98 Å². The minimum absolute atomic E-state index is 0.0387. The Morgan fingerprint density at radius 2 is 1.87 bits per heavy atom. The number of amides is 2. The van der Waals surface area contributed by atoms with Crippen LogP contribution in [0.25, 0.3) is 10.9 Å². The molecule has 4 aromatic rings. The lowest BCUT2D eigenvalue weighted by Gasteiger charge is -2.12. The molecular formula is C21H16ClN5O4. The van der Waals surface area contributed by atoms with E-state index in [1.807, 2.05) is 0 Å². The zero-order chi connectivity index (χ0) is 21.8. The second-order valence-corrected chi connectivity index (χ2v) is 6.69. The quantitative estimate of drug-likeness (QED) is 0.409. The number of benzene rings is 2. The molecule has 0 fully saturated rings. The molecular weight excluding hydrogens is 422 g/mol. The highest BCUT2D eigenvalue weighted by atomic mass is 35.5. The molecule has 4 rings (SSSR count). The summed E-state index contributed by atoms with van der Waals surface area (Å²) in [6.45, 7) is 0. The number of fused-ring (bicyclic) bond motifs is 1. The molecule has 2 amide bonds. The molecule has 10 heteroatoms. The number of anilines is 2. The number of hydrogen-bond acceptors (Lipinski definition) is 7. The van der Waals surface area contributed by atoms with Gasteiger partial charge >= 0.3 is 6.03 Å². The Bertz CT molecular complexity index is 1250. The lowest BCUT2D eigenvalue weighted by molar-refractivity contribution is 0.262. The molecule has 0 saturated carbocycles. The number of aromatic hydroxyl groups is 1. The van der Waals surface area contributed by atoms with Crippen LogP contribution in [0.4, 0.5) is 16.2 Å². The second-order valence-electron chi connectivity index (χ2n) is 6.28. The van der Waals surface area contributed by atoms with Crippen molar-refractivity contribution in [2.45, 2.75) is 0 Å². The Hall–Kier alpha value is -4.11.